The van der Waals surface area contributed by atoms with E-state index in [1.165, 1.54) is 0 Å². The van der Waals surface area contributed by atoms with Gasteiger partial charge in [-0.2, -0.15) is 0 Å². The summed E-state index contributed by atoms with van der Waals surface area (Å²) in [7, 11) is 0. The topological polar surface area (TPSA) is 125 Å². The monoisotopic (exact) mass is 568 g/mol. The van der Waals surface area contributed by atoms with Crippen LogP contribution >= 0.6 is 11.6 Å². The van der Waals surface area contributed by atoms with Gasteiger partial charge in [0, 0.05) is 24.1 Å². The summed E-state index contributed by atoms with van der Waals surface area (Å²) in [6.07, 6.45) is 1.32. The van der Waals surface area contributed by atoms with Crippen LogP contribution in [0.15, 0.2) is 72.8 Å². The molecule has 0 fully saturated rings. The van der Waals surface area contributed by atoms with Crippen molar-refractivity contribution in [2.75, 3.05) is 0 Å². The number of aryl methyl sites for hydroxylation is 1. The summed E-state index contributed by atoms with van der Waals surface area (Å²) in [5, 5.41) is 14.3. The number of nitrogens with one attached hydrogen (secondary N) is 1. The number of aromatic amines is 1. The number of benzene rings is 3. The summed E-state index contributed by atoms with van der Waals surface area (Å²) < 4.78 is 12.8. The number of rotatable bonds is 9. The van der Waals surface area contributed by atoms with E-state index in [1.807, 2.05) is 48.5 Å². The molecule has 6 rings (SSSR count). The Bertz CT molecular complexity index is 1720. The largest absolute Gasteiger partial charge is 0.417 e. The molecule has 1 atom stereocenters. The Morgan fingerprint density at radius 1 is 1.02 bits per heavy atom. The summed E-state index contributed by atoms with van der Waals surface area (Å²) in [6, 6.07) is 22.7. The molecule has 0 saturated heterocycles. The smallest absolute Gasteiger partial charge is 0.361 e. The average molecular weight is 569 g/mol. The van der Waals surface area contributed by atoms with E-state index in [0.717, 1.165) is 35.1 Å². The Kier molecular flexibility index (Phi) is 7.30. The fourth-order valence-corrected chi connectivity index (χ4v) is 5.17. The van der Waals surface area contributed by atoms with Gasteiger partial charge in [0.15, 0.2) is 16.7 Å². The lowest BCUT2D eigenvalue weighted by Gasteiger charge is -2.15. The molecule has 5 aromatic rings. The molecule has 11 heteroatoms. The minimum Gasteiger partial charge on any atom is -0.417 e. The van der Waals surface area contributed by atoms with Crippen LogP contribution in [-0.2, 0) is 22.4 Å². The number of halogens is 1. The summed E-state index contributed by atoms with van der Waals surface area (Å²) in [6.45, 7) is 2.43. The Balaban J connectivity index is 1.29. The predicted octanol–water partition coefficient (Wildman–Crippen LogP) is 5.80. The minimum atomic E-state index is -1.15. The standard InChI is InChI=1S/C30H25ClN6O4/c1-2-3-12-24-32-26(31)25(29(39)41-30-23-11-7-6-10-22(23)28(38)40-30)37(24)17-18-13-15-19(16-14-18)20-8-4-5-9-21(20)27-33-35-36-34-27/h4-11,13-16,30H,2-3,12,17H2,1H3,(H,33,34,35,36). The van der Waals surface area contributed by atoms with E-state index in [9.17, 15) is 9.59 Å². The Morgan fingerprint density at radius 2 is 1.76 bits per heavy atom. The van der Waals surface area contributed by atoms with Gasteiger partial charge in [0.2, 0.25) is 0 Å². The van der Waals surface area contributed by atoms with E-state index in [4.69, 9.17) is 21.1 Å². The quantitative estimate of drug-likeness (QED) is 0.221. The highest BCUT2D eigenvalue weighted by atomic mass is 35.5. The molecule has 0 spiro atoms. The van der Waals surface area contributed by atoms with E-state index in [1.54, 1.807) is 28.8 Å². The van der Waals surface area contributed by atoms with Crippen LogP contribution in [0.25, 0.3) is 22.5 Å². The molecular weight excluding hydrogens is 544 g/mol. The zero-order valence-corrected chi connectivity index (χ0v) is 22.8. The maximum atomic E-state index is 13.4. The lowest BCUT2D eigenvalue weighted by Crippen LogP contribution is -2.18. The molecule has 2 aromatic heterocycles. The van der Waals surface area contributed by atoms with Crippen LogP contribution in [0.2, 0.25) is 5.15 Å². The summed E-state index contributed by atoms with van der Waals surface area (Å²) >= 11 is 6.52. The number of nitrogens with zero attached hydrogens (tertiary/aromatic N) is 5. The third-order valence-corrected chi connectivity index (χ3v) is 7.21. The molecule has 0 aliphatic carbocycles. The number of esters is 2. The first-order chi connectivity index (χ1) is 20.0. The number of ether oxygens (including phenoxy) is 2. The van der Waals surface area contributed by atoms with Crippen molar-refractivity contribution in [1.29, 1.82) is 0 Å². The molecule has 3 heterocycles. The molecule has 0 saturated carbocycles. The fourth-order valence-electron chi connectivity index (χ4n) is 4.90. The van der Waals surface area contributed by atoms with Gasteiger partial charge >= 0.3 is 11.9 Å². The van der Waals surface area contributed by atoms with Crippen molar-refractivity contribution in [2.45, 2.75) is 39.0 Å². The number of cyclic esters (lactones) is 1. The van der Waals surface area contributed by atoms with Crippen molar-refractivity contribution < 1.29 is 19.1 Å². The number of unbranched alkanes of at least 4 members (excludes halogenated alkanes) is 1. The van der Waals surface area contributed by atoms with Gasteiger partial charge in [-0.05, 0) is 39.6 Å². The second kappa shape index (κ2) is 11.3. The molecular formula is C30H25ClN6O4. The summed E-state index contributed by atoms with van der Waals surface area (Å²) in [5.41, 5.74) is 4.76. The van der Waals surface area contributed by atoms with Crippen LogP contribution in [0.1, 0.15) is 63.9 Å². The lowest BCUT2D eigenvalue weighted by atomic mass is 9.98. The highest BCUT2D eigenvalue weighted by molar-refractivity contribution is 6.32. The summed E-state index contributed by atoms with van der Waals surface area (Å²) in [5.74, 6) is 0.00530. The number of hydrogen-bond acceptors (Lipinski definition) is 8. The van der Waals surface area contributed by atoms with Crippen molar-refractivity contribution in [3.63, 3.8) is 0 Å². The first-order valence-electron chi connectivity index (χ1n) is 13.2. The highest BCUT2D eigenvalue weighted by Gasteiger charge is 2.35. The molecule has 1 unspecified atom stereocenters. The van der Waals surface area contributed by atoms with E-state index < -0.39 is 18.2 Å². The van der Waals surface area contributed by atoms with E-state index in [0.29, 0.717) is 35.7 Å². The Labute approximate surface area is 240 Å². The zero-order chi connectivity index (χ0) is 28.3. The van der Waals surface area contributed by atoms with Gasteiger partial charge in [0.25, 0.3) is 6.29 Å². The van der Waals surface area contributed by atoms with Crippen molar-refractivity contribution in [2.24, 2.45) is 0 Å². The predicted molar refractivity (Wildman–Crippen MR) is 150 cm³/mol. The van der Waals surface area contributed by atoms with Crippen molar-refractivity contribution >= 4 is 23.5 Å². The number of hydrogen-bond donors (Lipinski definition) is 1. The van der Waals surface area contributed by atoms with Crippen molar-refractivity contribution in [3.05, 3.63) is 106 Å². The highest BCUT2D eigenvalue weighted by Crippen LogP contribution is 2.34. The summed E-state index contributed by atoms with van der Waals surface area (Å²) in [4.78, 5) is 30.2. The van der Waals surface area contributed by atoms with Gasteiger partial charge in [-0.15, -0.1) is 5.10 Å². The van der Waals surface area contributed by atoms with E-state index in [-0.39, 0.29) is 10.8 Å². The van der Waals surface area contributed by atoms with Gasteiger partial charge in [-0.3, -0.25) is 0 Å². The van der Waals surface area contributed by atoms with Crippen LogP contribution < -0.4 is 0 Å². The third-order valence-electron chi connectivity index (χ3n) is 6.95. The van der Waals surface area contributed by atoms with Crippen molar-refractivity contribution in [3.8, 4) is 22.5 Å². The molecule has 206 valence electrons. The maximum Gasteiger partial charge on any atom is 0.361 e. The van der Waals surface area contributed by atoms with Gasteiger partial charge in [-0.1, -0.05) is 91.7 Å². The van der Waals surface area contributed by atoms with Crippen LogP contribution in [0.5, 0.6) is 0 Å². The van der Waals surface area contributed by atoms with E-state index in [2.05, 4.69) is 32.5 Å². The van der Waals surface area contributed by atoms with Crippen LogP contribution in [0.4, 0.5) is 0 Å². The average Bonchev–Trinajstić information content (AvgIpc) is 3.71. The first kappa shape index (κ1) is 26.4. The molecule has 3 aromatic carbocycles. The number of carbonyl (C=O) groups excluding carboxylic acids is 2. The van der Waals surface area contributed by atoms with Crippen molar-refractivity contribution in [1.82, 2.24) is 30.2 Å². The molecule has 1 aliphatic heterocycles. The fraction of sp³-hybridized carbons (Fsp3) is 0.200. The van der Waals surface area contributed by atoms with Gasteiger partial charge in [-0.25, -0.2) is 19.7 Å². The maximum absolute atomic E-state index is 13.4. The van der Waals surface area contributed by atoms with Gasteiger partial charge < -0.3 is 14.0 Å². The number of imidazole rings is 1. The zero-order valence-electron chi connectivity index (χ0n) is 22.1. The van der Waals surface area contributed by atoms with Crippen LogP contribution in [-0.4, -0.2) is 42.1 Å². The number of carbonyl (C=O) groups is 2. The minimum absolute atomic E-state index is 0.0462. The molecule has 41 heavy (non-hydrogen) atoms. The molecule has 0 amide bonds. The molecule has 1 aliphatic rings. The SMILES string of the molecule is CCCCc1nc(Cl)c(C(=O)OC2OC(=O)c3ccccc32)n1Cc1ccc(-c2ccccc2-c2nnn[nH]2)cc1. The van der Waals surface area contributed by atoms with E-state index >= 15 is 0 Å². The normalized spacial score (nSPS) is 14.1. The number of fused-ring (bicyclic) bond motifs is 1. The van der Waals surface area contributed by atoms with Gasteiger partial charge in [0.1, 0.15) is 5.82 Å². The van der Waals surface area contributed by atoms with Crippen LogP contribution in [0.3, 0.4) is 0 Å². The Morgan fingerprint density at radius 3 is 2.49 bits per heavy atom. The number of aromatic nitrogens is 6. The first-order valence-corrected chi connectivity index (χ1v) is 13.6. The second-order valence-electron chi connectivity index (χ2n) is 9.58. The second-order valence-corrected chi connectivity index (χ2v) is 9.94. The molecule has 0 bridgehead atoms. The third kappa shape index (κ3) is 5.21. The van der Waals surface area contributed by atoms with Gasteiger partial charge in [0.05, 0.1) is 5.56 Å². The molecule has 1 N–H and O–H groups in total. The van der Waals surface area contributed by atoms with Crippen LogP contribution in [0, 0.1) is 0 Å². The molecule has 10 nitrogen and oxygen atoms in total. The molecule has 0 radical (unpaired) electrons. The number of H-pyrrole nitrogens is 1. The number of tetrazole rings is 1. The lowest BCUT2D eigenvalue weighted by molar-refractivity contribution is -0.0729. The Hall–Kier alpha value is -4.83.